The van der Waals surface area contributed by atoms with E-state index in [9.17, 15) is 0 Å². The molecule has 1 saturated heterocycles. The molecule has 0 spiro atoms. The molecule has 2 rings (SSSR count). The van der Waals surface area contributed by atoms with E-state index in [4.69, 9.17) is 4.74 Å². The lowest BCUT2D eigenvalue weighted by Gasteiger charge is -2.33. The van der Waals surface area contributed by atoms with Crippen LogP contribution in [-0.2, 0) is 0 Å². The van der Waals surface area contributed by atoms with Crippen molar-refractivity contribution >= 4 is 15.9 Å². The Morgan fingerprint density at radius 3 is 2.56 bits per heavy atom. The summed E-state index contributed by atoms with van der Waals surface area (Å²) in [7, 11) is 0. The van der Waals surface area contributed by atoms with E-state index in [1.165, 1.54) is 19.6 Å². The van der Waals surface area contributed by atoms with Crippen LogP contribution >= 0.6 is 15.9 Å². The zero-order valence-electron chi connectivity index (χ0n) is 10.9. The van der Waals surface area contributed by atoms with Crippen LogP contribution in [0.3, 0.4) is 0 Å². The standard InChI is InChI=1S/C14H21BrN2O/c1-2-16-6-8-17(9-7-16)10-11-18-14-5-3-4-13(15)12-14/h3-5,12H,2,6-11H2,1H3. The molecular weight excluding hydrogens is 292 g/mol. The van der Waals surface area contributed by atoms with Gasteiger partial charge >= 0.3 is 0 Å². The molecular formula is C14H21BrN2O. The van der Waals surface area contributed by atoms with Gasteiger partial charge in [0, 0.05) is 37.2 Å². The molecule has 0 atom stereocenters. The molecule has 100 valence electrons. The number of halogens is 1. The number of hydrogen-bond donors (Lipinski definition) is 0. The number of rotatable bonds is 5. The predicted molar refractivity (Wildman–Crippen MR) is 78.2 cm³/mol. The number of ether oxygens (including phenoxy) is 1. The molecule has 0 saturated carbocycles. The van der Waals surface area contributed by atoms with Crippen LogP contribution in [0.15, 0.2) is 28.7 Å². The van der Waals surface area contributed by atoms with Gasteiger partial charge in [-0.25, -0.2) is 0 Å². The summed E-state index contributed by atoms with van der Waals surface area (Å²) in [5.41, 5.74) is 0. The molecule has 18 heavy (non-hydrogen) atoms. The summed E-state index contributed by atoms with van der Waals surface area (Å²) in [4.78, 5) is 4.97. The van der Waals surface area contributed by atoms with E-state index in [0.717, 1.165) is 36.5 Å². The molecule has 1 fully saturated rings. The second-order valence-corrected chi connectivity index (χ2v) is 5.50. The van der Waals surface area contributed by atoms with Crippen LogP contribution in [-0.4, -0.2) is 55.7 Å². The van der Waals surface area contributed by atoms with Crippen molar-refractivity contribution in [3.05, 3.63) is 28.7 Å². The molecule has 4 heteroatoms. The molecule has 3 nitrogen and oxygen atoms in total. The van der Waals surface area contributed by atoms with Crippen molar-refractivity contribution in [1.82, 2.24) is 9.80 Å². The topological polar surface area (TPSA) is 15.7 Å². The summed E-state index contributed by atoms with van der Waals surface area (Å²) in [5.74, 6) is 0.941. The number of hydrogen-bond acceptors (Lipinski definition) is 3. The summed E-state index contributed by atoms with van der Waals surface area (Å²) in [6, 6.07) is 8.02. The Morgan fingerprint density at radius 1 is 1.17 bits per heavy atom. The Kier molecular flexibility index (Phi) is 5.47. The SMILES string of the molecule is CCN1CCN(CCOc2cccc(Br)c2)CC1. The van der Waals surface area contributed by atoms with Gasteiger partial charge in [-0.2, -0.15) is 0 Å². The zero-order chi connectivity index (χ0) is 12.8. The summed E-state index contributed by atoms with van der Waals surface area (Å²) in [5, 5.41) is 0. The fourth-order valence-corrected chi connectivity index (χ4v) is 2.56. The second kappa shape index (κ2) is 7.12. The minimum atomic E-state index is 0.766. The van der Waals surface area contributed by atoms with Gasteiger partial charge in [0.1, 0.15) is 12.4 Å². The highest BCUT2D eigenvalue weighted by Crippen LogP contribution is 2.17. The smallest absolute Gasteiger partial charge is 0.120 e. The number of benzene rings is 1. The van der Waals surface area contributed by atoms with E-state index in [0.29, 0.717) is 0 Å². The molecule has 0 unspecified atom stereocenters. The Hall–Kier alpha value is -0.580. The van der Waals surface area contributed by atoms with Crippen LogP contribution in [0.25, 0.3) is 0 Å². The normalized spacial score (nSPS) is 17.9. The van der Waals surface area contributed by atoms with Gasteiger partial charge in [0.05, 0.1) is 0 Å². The largest absolute Gasteiger partial charge is 0.492 e. The third-order valence-corrected chi connectivity index (χ3v) is 3.88. The van der Waals surface area contributed by atoms with Gasteiger partial charge < -0.3 is 9.64 Å². The van der Waals surface area contributed by atoms with Gasteiger partial charge in [0.15, 0.2) is 0 Å². The lowest BCUT2D eigenvalue weighted by molar-refractivity contribution is 0.121. The Labute approximate surface area is 118 Å². The second-order valence-electron chi connectivity index (χ2n) is 4.58. The van der Waals surface area contributed by atoms with E-state index in [2.05, 4.69) is 32.7 Å². The fourth-order valence-electron chi connectivity index (χ4n) is 2.18. The average molecular weight is 313 g/mol. The molecule has 1 heterocycles. The van der Waals surface area contributed by atoms with Crippen LogP contribution in [0.5, 0.6) is 5.75 Å². The quantitative estimate of drug-likeness (QED) is 0.830. The third-order valence-electron chi connectivity index (χ3n) is 3.38. The van der Waals surface area contributed by atoms with Crippen LogP contribution in [0.4, 0.5) is 0 Å². The van der Waals surface area contributed by atoms with E-state index in [1.807, 2.05) is 24.3 Å². The van der Waals surface area contributed by atoms with Gasteiger partial charge in [-0.3, -0.25) is 4.90 Å². The lowest BCUT2D eigenvalue weighted by Crippen LogP contribution is -2.47. The van der Waals surface area contributed by atoms with E-state index in [1.54, 1.807) is 0 Å². The van der Waals surface area contributed by atoms with Crippen LogP contribution in [0.1, 0.15) is 6.92 Å². The minimum absolute atomic E-state index is 0.766. The van der Waals surface area contributed by atoms with E-state index in [-0.39, 0.29) is 0 Å². The monoisotopic (exact) mass is 312 g/mol. The molecule has 0 radical (unpaired) electrons. The lowest BCUT2D eigenvalue weighted by atomic mass is 10.3. The number of nitrogens with zero attached hydrogens (tertiary/aromatic N) is 2. The maximum atomic E-state index is 5.76. The molecule has 0 amide bonds. The first-order valence-electron chi connectivity index (χ1n) is 6.61. The van der Waals surface area contributed by atoms with Gasteiger partial charge in [-0.05, 0) is 24.7 Å². The van der Waals surface area contributed by atoms with Crippen molar-refractivity contribution in [1.29, 1.82) is 0 Å². The average Bonchev–Trinajstić information content (AvgIpc) is 2.40. The Morgan fingerprint density at radius 2 is 1.89 bits per heavy atom. The van der Waals surface area contributed by atoms with Crippen molar-refractivity contribution in [2.45, 2.75) is 6.92 Å². The first kappa shape index (κ1) is 13.8. The molecule has 0 bridgehead atoms. The van der Waals surface area contributed by atoms with Crippen molar-refractivity contribution in [3.63, 3.8) is 0 Å². The number of piperazine rings is 1. The molecule has 0 N–H and O–H groups in total. The fraction of sp³-hybridized carbons (Fsp3) is 0.571. The molecule has 1 aromatic rings. The molecule has 1 aliphatic heterocycles. The first-order chi connectivity index (χ1) is 8.78. The highest BCUT2D eigenvalue weighted by atomic mass is 79.9. The highest BCUT2D eigenvalue weighted by molar-refractivity contribution is 9.10. The van der Waals surface area contributed by atoms with Crippen LogP contribution in [0.2, 0.25) is 0 Å². The zero-order valence-corrected chi connectivity index (χ0v) is 12.5. The van der Waals surface area contributed by atoms with Gasteiger partial charge in [-0.1, -0.05) is 28.9 Å². The van der Waals surface area contributed by atoms with Crippen molar-refractivity contribution in [3.8, 4) is 5.75 Å². The van der Waals surface area contributed by atoms with E-state index < -0.39 is 0 Å². The summed E-state index contributed by atoms with van der Waals surface area (Å²) in [6.07, 6.45) is 0. The summed E-state index contributed by atoms with van der Waals surface area (Å²) in [6.45, 7) is 9.88. The summed E-state index contributed by atoms with van der Waals surface area (Å²) >= 11 is 3.45. The Balaban J connectivity index is 1.67. The minimum Gasteiger partial charge on any atom is -0.492 e. The predicted octanol–water partition coefficient (Wildman–Crippen LogP) is 2.47. The number of likely N-dealkylation sites (N-methyl/N-ethyl adjacent to an activating group) is 1. The van der Waals surface area contributed by atoms with Crippen LogP contribution in [0, 0.1) is 0 Å². The van der Waals surface area contributed by atoms with Gasteiger partial charge in [0.25, 0.3) is 0 Å². The summed E-state index contributed by atoms with van der Waals surface area (Å²) < 4.78 is 6.82. The molecule has 0 aliphatic carbocycles. The van der Waals surface area contributed by atoms with Crippen molar-refractivity contribution in [2.75, 3.05) is 45.9 Å². The maximum Gasteiger partial charge on any atom is 0.120 e. The highest BCUT2D eigenvalue weighted by Gasteiger charge is 2.14. The van der Waals surface area contributed by atoms with Crippen molar-refractivity contribution < 1.29 is 4.74 Å². The van der Waals surface area contributed by atoms with Crippen molar-refractivity contribution in [2.24, 2.45) is 0 Å². The third kappa shape index (κ3) is 4.26. The Bertz CT molecular complexity index is 365. The molecule has 1 aromatic carbocycles. The first-order valence-corrected chi connectivity index (χ1v) is 7.40. The molecule has 1 aliphatic rings. The van der Waals surface area contributed by atoms with Gasteiger partial charge in [-0.15, -0.1) is 0 Å². The maximum absolute atomic E-state index is 5.76. The molecule has 0 aromatic heterocycles. The van der Waals surface area contributed by atoms with Crippen LogP contribution < -0.4 is 4.74 Å². The van der Waals surface area contributed by atoms with Gasteiger partial charge in [0.2, 0.25) is 0 Å². The van der Waals surface area contributed by atoms with E-state index >= 15 is 0 Å².